The third-order valence-electron chi connectivity index (χ3n) is 4.23. The topological polar surface area (TPSA) is 58.6 Å². The zero-order chi connectivity index (χ0) is 21.4. The summed E-state index contributed by atoms with van der Waals surface area (Å²) in [6.45, 7) is 4.26. The number of hydrogen-bond donors (Lipinski definition) is 1. The van der Waals surface area contributed by atoms with Gasteiger partial charge in [0, 0.05) is 16.7 Å². The molecule has 8 heteroatoms. The number of halogens is 3. The number of benzene rings is 2. The summed E-state index contributed by atoms with van der Waals surface area (Å²) in [6.07, 6.45) is 0.815. The minimum atomic E-state index is -0.663. The summed E-state index contributed by atoms with van der Waals surface area (Å²) in [7, 11) is 0. The molecule has 0 heterocycles. The fraction of sp³-hybridized carbons (Fsp3) is 0.333. The van der Waals surface area contributed by atoms with E-state index in [-0.39, 0.29) is 25.0 Å². The van der Waals surface area contributed by atoms with Gasteiger partial charge in [0.2, 0.25) is 5.91 Å². The van der Waals surface area contributed by atoms with Gasteiger partial charge >= 0.3 is 0 Å². The van der Waals surface area contributed by atoms with Crippen molar-refractivity contribution in [2.45, 2.75) is 32.9 Å². The molecule has 29 heavy (non-hydrogen) atoms. The van der Waals surface area contributed by atoms with Crippen molar-refractivity contribution in [3.8, 4) is 5.75 Å². The Kier molecular flexibility index (Phi) is 9.52. The first-order valence-electron chi connectivity index (χ1n) is 9.21. The summed E-state index contributed by atoms with van der Waals surface area (Å²) >= 11 is 14.3. The van der Waals surface area contributed by atoms with Gasteiger partial charge in [0.25, 0.3) is 5.91 Å². The van der Waals surface area contributed by atoms with E-state index in [9.17, 15) is 9.59 Å². The summed E-state index contributed by atoms with van der Waals surface area (Å²) in [5.41, 5.74) is 0.775. The molecular formula is C21H23Cl2IN2O3. The SMILES string of the molecule is CCCNC(=O)C(C)N(Cc1ccc(Cl)c(Cl)c1)C(=O)COc1ccc(I)cc1. The monoisotopic (exact) mass is 548 g/mol. The molecule has 1 atom stereocenters. The molecule has 0 spiro atoms. The Bertz CT molecular complexity index is 846. The second-order valence-corrected chi connectivity index (χ2v) is 8.54. The lowest BCUT2D eigenvalue weighted by molar-refractivity contribution is -0.142. The molecule has 156 valence electrons. The minimum Gasteiger partial charge on any atom is -0.484 e. The normalized spacial score (nSPS) is 11.6. The Labute approximate surface area is 194 Å². The van der Waals surface area contributed by atoms with Crippen LogP contribution in [0.1, 0.15) is 25.8 Å². The molecule has 2 aromatic carbocycles. The first-order chi connectivity index (χ1) is 13.8. The lowest BCUT2D eigenvalue weighted by atomic mass is 10.1. The van der Waals surface area contributed by atoms with E-state index in [4.69, 9.17) is 27.9 Å². The summed E-state index contributed by atoms with van der Waals surface area (Å²) in [6, 6.07) is 11.9. The van der Waals surface area contributed by atoms with Crippen LogP contribution in [0.15, 0.2) is 42.5 Å². The summed E-state index contributed by atoms with van der Waals surface area (Å²) in [5, 5.41) is 3.66. The number of amides is 2. The molecule has 2 amide bonds. The van der Waals surface area contributed by atoms with Crippen LogP contribution in [0.25, 0.3) is 0 Å². The molecule has 5 nitrogen and oxygen atoms in total. The van der Waals surface area contributed by atoms with Crippen molar-refractivity contribution in [1.29, 1.82) is 0 Å². The molecule has 0 bridgehead atoms. The number of ether oxygens (including phenoxy) is 1. The Morgan fingerprint density at radius 2 is 1.83 bits per heavy atom. The Morgan fingerprint density at radius 3 is 2.45 bits per heavy atom. The zero-order valence-electron chi connectivity index (χ0n) is 16.3. The van der Waals surface area contributed by atoms with Crippen LogP contribution in [0.2, 0.25) is 10.0 Å². The number of rotatable bonds is 9. The molecule has 0 aliphatic carbocycles. The Hall–Kier alpha value is -1.51. The van der Waals surface area contributed by atoms with E-state index in [0.29, 0.717) is 22.3 Å². The third kappa shape index (κ3) is 7.35. The summed E-state index contributed by atoms with van der Waals surface area (Å²) < 4.78 is 6.69. The smallest absolute Gasteiger partial charge is 0.261 e. The number of nitrogens with one attached hydrogen (secondary N) is 1. The van der Waals surface area contributed by atoms with Gasteiger partial charge in [0.05, 0.1) is 10.0 Å². The van der Waals surface area contributed by atoms with Crippen molar-refractivity contribution in [1.82, 2.24) is 10.2 Å². The Balaban J connectivity index is 2.15. The third-order valence-corrected chi connectivity index (χ3v) is 5.69. The van der Waals surface area contributed by atoms with Crippen LogP contribution in [-0.2, 0) is 16.1 Å². The highest BCUT2D eigenvalue weighted by Crippen LogP contribution is 2.24. The molecule has 0 aliphatic rings. The fourth-order valence-electron chi connectivity index (χ4n) is 2.57. The van der Waals surface area contributed by atoms with Gasteiger partial charge in [-0.1, -0.05) is 36.2 Å². The van der Waals surface area contributed by atoms with E-state index < -0.39 is 6.04 Å². The Morgan fingerprint density at radius 1 is 1.14 bits per heavy atom. The van der Waals surface area contributed by atoms with Crippen molar-refractivity contribution in [2.24, 2.45) is 0 Å². The molecule has 0 aliphatic heterocycles. The molecule has 0 saturated heterocycles. The van der Waals surface area contributed by atoms with E-state index in [2.05, 4.69) is 27.9 Å². The van der Waals surface area contributed by atoms with E-state index in [1.165, 1.54) is 4.90 Å². The van der Waals surface area contributed by atoms with Gasteiger partial charge in [-0.25, -0.2) is 0 Å². The van der Waals surface area contributed by atoms with Gasteiger partial charge in [0.15, 0.2) is 6.61 Å². The molecular weight excluding hydrogens is 526 g/mol. The van der Waals surface area contributed by atoms with Crippen molar-refractivity contribution in [3.63, 3.8) is 0 Å². The van der Waals surface area contributed by atoms with Gasteiger partial charge in [-0.15, -0.1) is 0 Å². The van der Waals surface area contributed by atoms with Gasteiger partial charge < -0.3 is 15.0 Å². The lowest BCUT2D eigenvalue weighted by Gasteiger charge is -2.28. The van der Waals surface area contributed by atoms with Crippen molar-refractivity contribution in [3.05, 3.63) is 61.6 Å². The van der Waals surface area contributed by atoms with Crippen LogP contribution >= 0.6 is 45.8 Å². The van der Waals surface area contributed by atoms with Crippen molar-refractivity contribution < 1.29 is 14.3 Å². The van der Waals surface area contributed by atoms with Crippen molar-refractivity contribution >= 4 is 57.6 Å². The number of nitrogens with zero attached hydrogens (tertiary/aromatic N) is 1. The van der Waals surface area contributed by atoms with Crippen LogP contribution in [0, 0.1) is 3.57 Å². The highest BCUT2D eigenvalue weighted by Gasteiger charge is 2.26. The van der Waals surface area contributed by atoms with Crippen LogP contribution in [-0.4, -0.2) is 35.9 Å². The predicted molar refractivity (Wildman–Crippen MR) is 124 cm³/mol. The molecule has 2 aromatic rings. The van der Waals surface area contributed by atoms with Gasteiger partial charge in [0.1, 0.15) is 11.8 Å². The highest BCUT2D eigenvalue weighted by atomic mass is 127. The second kappa shape index (κ2) is 11.6. The quantitative estimate of drug-likeness (QED) is 0.452. The summed E-state index contributed by atoms with van der Waals surface area (Å²) in [4.78, 5) is 26.9. The molecule has 0 radical (unpaired) electrons. The first kappa shape index (κ1) is 23.8. The van der Waals surface area contributed by atoms with Crippen LogP contribution in [0.4, 0.5) is 0 Å². The van der Waals surface area contributed by atoms with Crippen LogP contribution in [0.5, 0.6) is 5.75 Å². The number of carbonyl (C=O) groups is 2. The average molecular weight is 549 g/mol. The maximum Gasteiger partial charge on any atom is 0.261 e. The maximum atomic E-state index is 12.9. The minimum absolute atomic E-state index is 0.173. The van der Waals surface area contributed by atoms with Gasteiger partial charge in [-0.3, -0.25) is 9.59 Å². The molecule has 1 unspecified atom stereocenters. The molecule has 0 aromatic heterocycles. The predicted octanol–water partition coefficient (Wildman–Crippen LogP) is 4.92. The standard InChI is InChI=1S/C21H23Cl2IN2O3/c1-3-10-25-21(28)14(2)26(12-15-4-9-18(22)19(23)11-15)20(27)13-29-17-7-5-16(24)6-8-17/h4-9,11,14H,3,10,12-13H2,1-2H3,(H,25,28). The molecule has 0 fully saturated rings. The zero-order valence-corrected chi connectivity index (χ0v) is 19.9. The van der Waals surface area contributed by atoms with E-state index in [1.807, 2.05) is 19.1 Å². The van der Waals surface area contributed by atoms with Crippen LogP contribution in [0.3, 0.4) is 0 Å². The highest BCUT2D eigenvalue weighted by molar-refractivity contribution is 14.1. The molecule has 2 rings (SSSR count). The molecule has 0 saturated carbocycles. The largest absolute Gasteiger partial charge is 0.484 e. The number of hydrogen-bond acceptors (Lipinski definition) is 3. The lowest BCUT2D eigenvalue weighted by Crippen LogP contribution is -2.49. The van der Waals surface area contributed by atoms with E-state index in [1.54, 1.807) is 37.3 Å². The van der Waals surface area contributed by atoms with Gasteiger partial charge in [-0.05, 0) is 77.9 Å². The first-order valence-corrected chi connectivity index (χ1v) is 11.0. The second-order valence-electron chi connectivity index (χ2n) is 6.48. The average Bonchev–Trinajstić information content (AvgIpc) is 2.71. The van der Waals surface area contributed by atoms with Crippen molar-refractivity contribution in [2.75, 3.05) is 13.2 Å². The maximum absolute atomic E-state index is 12.9. The van der Waals surface area contributed by atoms with Crippen LogP contribution < -0.4 is 10.1 Å². The van der Waals surface area contributed by atoms with E-state index in [0.717, 1.165) is 15.6 Å². The summed E-state index contributed by atoms with van der Waals surface area (Å²) in [5.74, 6) is 0.0830. The fourth-order valence-corrected chi connectivity index (χ4v) is 3.25. The molecule has 1 N–H and O–H groups in total. The van der Waals surface area contributed by atoms with E-state index >= 15 is 0 Å². The number of carbonyl (C=O) groups excluding carboxylic acids is 2. The van der Waals surface area contributed by atoms with Gasteiger partial charge in [-0.2, -0.15) is 0 Å².